The summed E-state index contributed by atoms with van der Waals surface area (Å²) in [4.78, 5) is 14.0. The van der Waals surface area contributed by atoms with Crippen molar-refractivity contribution in [1.29, 1.82) is 0 Å². The summed E-state index contributed by atoms with van der Waals surface area (Å²) in [7, 11) is -3.64. The first-order chi connectivity index (χ1) is 11.5. The zero-order valence-corrected chi connectivity index (χ0v) is 13.7. The molecule has 0 amide bonds. The third kappa shape index (κ3) is 3.55. The molecule has 1 aliphatic rings. The van der Waals surface area contributed by atoms with Crippen molar-refractivity contribution in [2.45, 2.75) is 4.90 Å². The minimum atomic E-state index is -3.64. The van der Waals surface area contributed by atoms with E-state index in [0.29, 0.717) is 18.8 Å². The highest BCUT2D eigenvalue weighted by Gasteiger charge is 2.29. The van der Waals surface area contributed by atoms with Crippen LogP contribution in [-0.2, 0) is 10.0 Å². The maximum absolute atomic E-state index is 13.0. The van der Waals surface area contributed by atoms with E-state index in [1.807, 2.05) is 4.90 Å². The molecule has 0 radical (unpaired) electrons. The van der Waals surface area contributed by atoms with Crippen molar-refractivity contribution in [3.05, 3.63) is 54.2 Å². The number of Topliss-reactive ketones (excluding diaryl/α,β-unsaturated/α-hetero) is 1. The number of furan rings is 1. The summed E-state index contributed by atoms with van der Waals surface area (Å²) in [6.07, 6.45) is 1.44. The van der Waals surface area contributed by atoms with Crippen molar-refractivity contribution in [3.63, 3.8) is 0 Å². The molecule has 2 heterocycles. The Kier molecular flexibility index (Phi) is 4.79. The van der Waals surface area contributed by atoms with Gasteiger partial charge in [0.05, 0.1) is 17.7 Å². The van der Waals surface area contributed by atoms with Gasteiger partial charge in [0, 0.05) is 26.2 Å². The fourth-order valence-electron chi connectivity index (χ4n) is 2.60. The SMILES string of the molecule is O=C(CN1CCN(S(=O)(=O)c2ccc(F)cc2)CC1)c1ccco1. The molecule has 1 aromatic heterocycles. The van der Waals surface area contributed by atoms with Crippen molar-refractivity contribution in [2.75, 3.05) is 32.7 Å². The van der Waals surface area contributed by atoms with Gasteiger partial charge in [-0.15, -0.1) is 0 Å². The summed E-state index contributed by atoms with van der Waals surface area (Å²) in [5.74, 6) is -0.304. The number of ketones is 1. The second-order valence-electron chi connectivity index (χ2n) is 5.53. The molecule has 0 spiro atoms. The minimum absolute atomic E-state index is 0.0732. The summed E-state index contributed by atoms with van der Waals surface area (Å²) in [5, 5.41) is 0. The number of piperazine rings is 1. The lowest BCUT2D eigenvalue weighted by Crippen LogP contribution is -2.49. The van der Waals surface area contributed by atoms with E-state index in [1.165, 1.54) is 22.7 Å². The van der Waals surface area contributed by atoms with Gasteiger partial charge in [0.25, 0.3) is 0 Å². The van der Waals surface area contributed by atoms with Gasteiger partial charge in [-0.2, -0.15) is 4.31 Å². The zero-order chi connectivity index (χ0) is 17.2. The number of hydrogen-bond donors (Lipinski definition) is 0. The van der Waals surface area contributed by atoms with Crippen LogP contribution in [0.3, 0.4) is 0 Å². The Morgan fingerprint density at radius 3 is 2.33 bits per heavy atom. The van der Waals surface area contributed by atoms with Gasteiger partial charge >= 0.3 is 0 Å². The van der Waals surface area contributed by atoms with Crippen LogP contribution in [0.5, 0.6) is 0 Å². The highest BCUT2D eigenvalue weighted by molar-refractivity contribution is 7.89. The molecule has 2 aromatic rings. The Labute approximate surface area is 139 Å². The smallest absolute Gasteiger partial charge is 0.243 e. The second kappa shape index (κ2) is 6.84. The minimum Gasteiger partial charge on any atom is -0.461 e. The number of carbonyl (C=O) groups excluding carboxylic acids is 1. The average molecular weight is 352 g/mol. The van der Waals surface area contributed by atoms with Gasteiger partial charge in [0.1, 0.15) is 5.82 Å². The maximum Gasteiger partial charge on any atom is 0.243 e. The lowest BCUT2D eigenvalue weighted by atomic mass is 10.2. The highest BCUT2D eigenvalue weighted by Crippen LogP contribution is 2.18. The third-order valence-electron chi connectivity index (χ3n) is 3.95. The second-order valence-corrected chi connectivity index (χ2v) is 7.47. The molecule has 6 nitrogen and oxygen atoms in total. The van der Waals surface area contributed by atoms with Gasteiger partial charge in [-0.05, 0) is 36.4 Å². The zero-order valence-electron chi connectivity index (χ0n) is 12.9. The largest absolute Gasteiger partial charge is 0.461 e. The van der Waals surface area contributed by atoms with Crippen LogP contribution in [0.25, 0.3) is 0 Å². The molecule has 128 valence electrons. The van der Waals surface area contributed by atoms with Gasteiger partial charge in [0.15, 0.2) is 5.76 Å². The van der Waals surface area contributed by atoms with E-state index in [9.17, 15) is 17.6 Å². The normalized spacial score (nSPS) is 17.0. The molecular weight excluding hydrogens is 335 g/mol. The first kappa shape index (κ1) is 16.8. The van der Waals surface area contributed by atoms with Crippen LogP contribution in [0.2, 0.25) is 0 Å². The van der Waals surface area contributed by atoms with E-state index in [4.69, 9.17) is 4.42 Å². The maximum atomic E-state index is 13.0. The quantitative estimate of drug-likeness (QED) is 0.765. The average Bonchev–Trinajstić information content (AvgIpc) is 3.10. The van der Waals surface area contributed by atoms with E-state index >= 15 is 0 Å². The molecule has 0 bridgehead atoms. The number of halogens is 1. The molecule has 24 heavy (non-hydrogen) atoms. The van der Waals surface area contributed by atoms with E-state index < -0.39 is 15.8 Å². The lowest BCUT2D eigenvalue weighted by molar-refractivity contribution is 0.0874. The molecule has 1 aliphatic heterocycles. The molecule has 1 aromatic carbocycles. The molecule has 0 aliphatic carbocycles. The van der Waals surface area contributed by atoms with Crippen molar-refractivity contribution in [3.8, 4) is 0 Å². The Bertz CT molecular complexity index is 795. The van der Waals surface area contributed by atoms with Gasteiger partial charge in [-0.25, -0.2) is 12.8 Å². The molecule has 8 heteroatoms. The Morgan fingerprint density at radius 1 is 1.08 bits per heavy atom. The topological polar surface area (TPSA) is 70.8 Å². The number of hydrogen-bond acceptors (Lipinski definition) is 5. The van der Waals surface area contributed by atoms with Crippen LogP contribution in [0.1, 0.15) is 10.6 Å². The molecule has 3 rings (SSSR count). The molecule has 0 unspecified atom stereocenters. The summed E-state index contributed by atoms with van der Waals surface area (Å²) in [6, 6.07) is 8.04. The van der Waals surface area contributed by atoms with Gasteiger partial charge in [0.2, 0.25) is 15.8 Å². The van der Waals surface area contributed by atoms with E-state index in [0.717, 1.165) is 12.1 Å². The predicted molar refractivity (Wildman–Crippen MR) is 84.6 cm³/mol. The molecule has 1 saturated heterocycles. The standard InChI is InChI=1S/C16H17FN2O4S/c17-13-3-5-14(6-4-13)24(21,22)19-9-7-18(8-10-19)12-15(20)16-2-1-11-23-16/h1-6,11H,7-10,12H2. The highest BCUT2D eigenvalue weighted by atomic mass is 32.2. The third-order valence-corrected chi connectivity index (χ3v) is 5.86. The fraction of sp³-hybridized carbons (Fsp3) is 0.312. The van der Waals surface area contributed by atoms with E-state index in [-0.39, 0.29) is 30.3 Å². The van der Waals surface area contributed by atoms with Crippen LogP contribution < -0.4 is 0 Å². The van der Waals surface area contributed by atoms with Crippen LogP contribution in [0.15, 0.2) is 52.0 Å². The van der Waals surface area contributed by atoms with Crippen LogP contribution in [0, 0.1) is 5.82 Å². The van der Waals surface area contributed by atoms with Crippen molar-refractivity contribution < 1.29 is 22.0 Å². The Morgan fingerprint density at radius 2 is 1.75 bits per heavy atom. The summed E-state index contributed by atoms with van der Waals surface area (Å²) in [5.41, 5.74) is 0. The molecule has 0 N–H and O–H groups in total. The molecular formula is C16H17FN2O4S. The van der Waals surface area contributed by atoms with Crippen molar-refractivity contribution in [1.82, 2.24) is 9.21 Å². The molecule has 0 atom stereocenters. The van der Waals surface area contributed by atoms with E-state index in [1.54, 1.807) is 12.1 Å². The van der Waals surface area contributed by atoms with Crippen molar-refractivity contribution in [2.24, 2.45) is 0 Å². The van der Waals surface area contributed by atoms with Gasteiger partial charge < -0.3 is 4.42 Å². The van der Waals surface area contributed by atoms with Crippen LogP contribution >= 0.6 is 0 Å². The summed E-state index contributed by atoms with van der Waals surface area (Å²) in [6.45, 7) is 1.66. The monoisotopic (exact) mass is 352 g/mol. The van der Waals surface area contributed by atoms with Crippen LogP contribution in [-0.4, -0.2) is 56.1 Å². The number of rotatable bonds is 5. The number of carbonyl (C=O) groups is 1. The Hall–Kier alpha value is -2.03. The van der Waals surface area contributed by atoms with E-state index in [2.05, 4.69) is 0 Å². The molecule has 0 saturated carbocycles. The first-order valence-corrected chi connectivity index (χ1v) is 8.95. The summed E-state index contributed by atoms with van der Waals surface area (Å²) >= 11 is 0. The van der Waals surface area contributed by atoms with Gasteiger partial charge in [-0.3, -0.25) is 9.69 Å². The number of benzene rings is 1. The Balaban J connectivity index is 1.60. The predicted octanol–water partition coefficient (Wildman–Crippen LogP) is 1.61. The lowest BCUT2D eigenvalue weighted by Gasteiger charge is -2.33. The molecule has 1 fully saturated rings. The first-order valence-electron chi connectivity index (χ1n) is 7.51. The van der Waals surface area contributed by atoms with Gasteiger partial charge in [-0.1, -0.05) is 0 Å². The summed E-state index contributed by atoms with van der Waals surface area (Å²) < 4.78 is 44.4. The number of sulfonamides is 1. The number of nitrogens with zero attached hydrogens (tertiary/aromatic N) is 2. The van der Waals surface area contributed by atoms with Crippen LogP contribution in [0.4, 0.5) is 4.39 Å². The van der Waals surface area contributed by atoms with Crippen molar-refractivity contribution >= 4 is 15.8 Å². The fourth-order valence-corrected chi connectivity index (χ4v) is 4.02.